The summed E-state index contributed by atoms with van der Waals surface area (Å²) in [7, 11) is 0. The van der Waals surface area contributed by atoms with Crippen LogP contribution in [0.2, 0.25) is 0 Å². The number of carbonyl (C=O) groups is 5. The zero-order valence-electron chi connectivity index (χ0n) is 18.6. The minimum absolute atomic E-state index is 0.0361. The van der Waals surface area contributed by atoms with Gasteiger partial charge < -0.3 is 15.7 Å². The Morgan fingerprint density at radius 3 is 2.00 bits per heavy atom. The van der Waals surface area contributed by atoms with Crippen LogP contribution in [-0.4, -0.2) is 56.2 Å². The number of rotatable bonds is 12. The molecule has 32 heavy (non-hydrogen) atoms. The van der Waals surface area contributed by atoms with E-state index >= 15 is 0 Å². The van der Waals surface area contributed by atoms with Gasteiger partial charge in [-0.2, -0.15) is 0 Å². The molecule has 3 atom stereocenters. The minimum Gasteiger partial charge on any atom is -0.480 e. The highest BCUT2D eigenvalue weighted by Gasteiger charge is 2.30. The Kier molecular flexibility index (Phi) is 12.1. The number of nitrogens with one attached hydrogen (secondary N) is 2. The van der Waals surface area contributed by atoms with Gasteiger partial charge in [0.05, 0.1) is 0 Å². The van der Waals surface area contributed by atoms with E-state index in [9.17, 15) is 29.1 Å². The fourth-order valence-electron chi connectivity index (χ4n) is 2.85. The number of thioether (sulfide) groups is 2. The molecule has 0 fully saturated rings. The molecule has 0 aliphatic heterocycles. The van der Waals surface area contributed by atoms with E-state index in [4.69, 9.17) is 0 Å². The van der Waals surface area contributed by atoms with Crippen LogP contribution in [-0.2, 0) is 30.4 Å². The monoisotopic (exact) mass is 482 g/mol. The standard InChI is InChI=1S/C22H30N2O6S2/c1-13(2)10-17(23-21(28)19(32-15(4)26)12-31-14(3)25)20(27)24-18(22(29)30)11-16-8-6-5-7-9-16/h5-9,13,17-19H,10-12H2,1-4H3,(H,23,28)(H,24,27)(H,29,30)/t17?,18-,19?/m0/s1. The average Bonchev–Trinajstić information content (AvgIpc) is 2.69. The van der Waals surface area contributed by atoms with Crippen molar-refractivity contribution < 1.29 is 29.1 Å². The summed E-state index contributed by atoms with van der Waals surface area (Å²) in [5.41, 5.74) is 0.754. The lowest BCUT2D eigenvalue weighted by molar-refractivity contribution is -0.142. The molecule has 3 N–H and O–H groups in total. The summed E-state index contributed by atoms with van der Waals surface area (Å²) >= 11 is 1.72. The molecule has 1 rings (SSSR count). The first-order valence-corrected chi connectivity index (χ1v) is 12.0. The zero-order valence-corrected chi connectivity index (χ0v) is 20.3. The molecule has 0 spiro atoms. The van der Waals surface area contributed by atoms with E-state index in [1.54, 1.807) is 24.3 Å². The third-order valence-electron chi connectivity index (χ3n) is 4.28. The van der Waals surface area contributed by atoms with Crippen LogP contribution in [0, 0.1) is 5.92 Å². The van der Waals surface area contributed by atoms with E-state index in [0.717, 1.165) is 29.1 Å². The Balaban J connectivity index is 2.94. The van der Waals surface area contributed by atoms with Gasteiger partial charge in [0.25, 0.3) is 0 Å². The normalized spacial score (nSPS) is 13.7. The Labute approximate surface area is 196 Å². The highest BCUT2D eigenvalue weighted by Crippen LogP contribution is 2.19. The Morgan fingerprint density at radius 2 is 1.50 bits per heavy atom. The number of hydrogen-bond donors (Lipinski definition) is 3. The fourth-order valence-corrected chi connectivity index (χ4v) is 4.44. The Bertz CT molecular complexity index is 816. The molecular formula is C22H30N2O6S2. The van der Waals surface area contributed by atoms with Gasteiger partial charge in [0.15, 0.2) is 10.2 Å². The van der Waals surface area contributed by atoms with E-state index < -0.39 is 35.1 Å². The summed E-state index contributed by atoms with van der Waals surface area (Å²) in [4.78, 5) is 60.2. The molecule has 0 aromatic heterocycles. The lowest BCUT2D eigenvalue weighted by atomic mass is 10.0. The van der Waals surface area contributed by atoms with Crippen molar-refractivity contribution in [3.05, 3.63) is 35.9 Å². The number of carbonyl (C=O) groups excluding carboxylic acids is 4. The second kappa shape index (κ2) is 13.9. The van der Waals surface area contributed by atoms with Crippen molar-refractivity contribution in [1.29, 1.82) is 0 Å². The fraction of sp³-hybridized carbons (Fsp3) is 0.500. The van der Waals surface area contributed by atoms with Crippen molar-refractivity contribution in [2.75, 3.05) is 5.75 Å². The van der Waals surface area contributed by atoms with Gasteiger partial charge in [-0.1, -0.05) is 67.7 Å². The summed E-state index contributed by atoms with van der Waals surface area (Å²) in [5.74, 6) is -2.21. The van der Waals surface area contributed by atoms with Crippen molar-refractivity contribution in [3.63, 3.8) is 0 Å². The summed E-state index contributed by atoms with van der Waals surface area (Å²) in [6.45, 7) is 6.44. The zero-order chi connectivity index (χ0) is 24.3. The van der Waals surface area contributed by atoms with Crippen LogP contribution >= 0.6 is 23.5 Å². The van der Waals surface area contributed by atoms with Crippen molar-refractivity contribution in [2.45, 2.75) is 57.9 Å². The number of carboxylic acids is 1. The second-order valence-electron chi connectivity index (χ2n) is 7.68. The van der Waals surface area contributed by atoms with Crippen molar-refractivity contribution in [2.24, 2.45) is 5.92 Å². The van der Waals surface area contributed by atoms with Gasteiger partial charge in [-0.3, -0.25) is 19.2 Å². The number of carboxylic acid groups (broad SMARTS) is 1. The molecule has 0 radical (unpaired) electrons. The average molecular weight is 483 g/mol. The van der Waals surface area contributed by atoms with Gasteiger partial charge in [-0.05, 0) is 17.9 Å². The summed E-state index contributed by atoms with van der Waals surface area (Å²) in [6.07, 6.45) is 0.384. The van der Waals surface area contributed by atoms with Crippen LogP contribution < -0.4 is 10.6 Å². The van der Waals surface area contributed by atoms with Crippen molar-refractivity contribution >= 4 is 51.5 Å². The van der Waals surface area contributed by atoms with Crippen LogP contribution in [0.25, 0.3) is 0 Å². The summed E-state index contributed by atoms with van der Waals surface area (Å²) < 4.78 is 0. The molecule has 2 unspecified atom stereocenters. The molecule has 0 saturated heterocycles. The highest BCUT2D eigenvalue weighted by atomic mass is 32.2. The third-order valence-corrected chi connectivity index (χ3v) is 6.39. The molecule has 0 saturated carbocycles. The molecular weight excluding hydrogens is 452 g/mol. The van der Waals surface area contributed by atoms with E-state index in [1.807, 2.05) is 19.9 Å². The molecule has 1 aromatic carbocycles. The predicted molar refractivity (Wildman–Crippen MR) is 126 cm³/mol. The predicted octanol–water partition coefficient (Wildman–Crippen LogP) is 2.26. The van der Waals surface area contributed by atoms with Crippen LogP contribution in [0.3, 0.4) is 0 Å². The first-order chi connectivity index (χ1) is 15.0. The first-order valence-electron chi connectivity index (χ1n) is 10.2. The first kappa shape index (κ1) is 27.7. The van der Waals surface area contributed by atoms with Crippen molar-refractivity contribution in [1.82, 2.24) is 10.6 Å². The Morgan fingerprint density at radius 1 is 0.906 bits per heavy atom. The van der Waals surface area contributed by atoms with E-state index in [0.29, 0.717) is 0 Å². The lowest BCUT2D eigenvalue weighted by Crippen LogP contribution is -2.54. The summed E-state index contributed by atoms with van der Waals surface area (Å²) in [6, 6.07) is 6.78. The van der Waals surface area contributed by atoms with Gasteiger partial charge in [0.1, 0.15) is 17.3 Å². The highest BCUT2D eigenvalue weighted by molar-refractivity contribution is 8.17. The smallest absolute Gasteiger partial charge is 0.326 e. The largest absolute Gasteiger partial charge is 0.480 e. The third kappa shape index (κ3) is 10.8. The van der Waals surface area contributed by atoms with Gasteiger partial charge in [-0.25, -0.2) is 4.79 Å². The van der Waals surface area contributed by atoms with Gasteiger partial charge in [0.2, 0.25) is 11.8 Å². The SMILES string of the molecule is CC(=O)SCC(SC(C)=O)C(=O)NC(CC(C)C)C(=O)N[C@@H](Cc1ccccc1)C(=O)O. The minimum atomic E-state index is -1.18. The van der Waals surface area contributed by atoms with Gasteiger partial charge in [0, 0.05) is 26.0 Å². The molecule has 0 bridgehead atoms. The maximum atomic E-state index is 12.9. The molecule has 176 valence electrons. The molecule has 8 nitrogen and oxygen atoms in total. The van der Waals surface area contributed by atoms with Crippen LogP contribution in [0.5, 0.6) is 0 Å². The number of hydrogen-bond acceptors (Lipinski definition) is 7. The van der Waals surface area contributed by atoms with Crippen LogP contribution in [0.4, 0.5) is 0 Å². The van der Waals surface area contributed by atoms with Crippen LogP contribution in [0.15, 0.2) is 30.3 Å². The second-order valence-corrected chi connectivity index (χ2v) is 10.3. The lowest BCUT2D eigenvalue weighted by Gasteiger charge is -2.24. The van der Waals surface area contributed by atoms with E-state index in [1.165, 1.54) is 13.8 Å². The molecule has 0 heterocycles. The maximum absolute atomic E-state index is 12.9. The Hall–Kier alpha value is -2.33. The number of aliphatic carboxylic acids is 1. The van der Waals surface area contributed by atoms with Crippen LogP contribution in [0.1, 0.15) is 39.7 Å². The number of benzene rings is 1. The summed E-state index contributed by atoms with van der Waals surface area (Å²) in [5, 5.41) is 13.4. The molecule has 10 heteroatoms. The molecule has 2 amide bonds. The van der Waals surface area contributed by atoms with Gasteiger partial charge in [-0.15, -0.1) is 0 Å². The van der Waals surface area contributed by atoms with Gasteiger partial charge >= 0.3 is 5.97 Å². The maximum Gasteiger partial charge on any atom is 0.326 e. The number of amides is 2. The van der Waals surface area contributed by atoms with E-state index in [-0.39, 0.29) is 34.7 Å². The van der Waals surface area contributed by atoms with E-state index in [2.05, 4.69) is 10.6 Å². The van der Waals surface area contributed by atoms with Crippen molar-refractivity contribution in [3.8, 4) is 0 Å². The molecule has 0 aliphatic carbocycles. The molecule has 0 aliphatic rings. The topological polar surface area (TPSA) is 130 Å². The molecule has 1 aromatic rings. The quantitative estimate of drug-likeness (QED) is 0.414.